The zero-order chi connectivity index (χ0) is 14.1. The normalized spacial score (nSPS) is 29.6. The van der Waals surface area contributed by atoms with Gasteiger partial charge in [0.05, 0.1) is 19.9 Å². The predicted octanol–water partition coefficient (Wildman–Crippen LogP) is 1.50. The average molecular weight is 278 g/mol. The summed E-state index contributed by atoms with van der Waals surface area (Å²) >= 11 is 0. The minimum absolute atomic E-state index is 0.317. The molecule has 3 unspecified atom stereocenters. The Morgan fingerprint density at radius 2 is 2.40 bits per heavy atom. The summed E-state index contributed by atoms with van der Waals surface area (Å²) in [6, 6.07) is 2.27. The number of furan rings is 1. The number of likely N-dealkylation sites (tertiary alicyclic amines) is 1. The van der Waals surface area contributed by atoms with E-state index in [0.29, 0.717) is 18.2 Å². The van der Waals surface area contributed by atoms with Crippen LogP contribution in [0.15, 0.2) is 16.7 Å². The lowest BCUT2D eigenvalue weighted by Gasteiger charge is -2.26. The number of hydrogen-bond acceptors (Lipinski definition) is 5. The molecular weight excluding hydrogens is 256 g/mol. The van der Waals surface area contributed by atoms with Crippen molar-refractivity contribution in [3.05, 3.63) is 23.7 Å². The van der Waals surface area contributed by atoms with E-state index in [2.05, 4.69) is 17.1 Å². The van der Waals surface area contributed by atoms with Crippen LogP contribution in [0.4, 0.5) is 0 Å². The Labute approximate surface area is 119 Å². The third kappa shape index (κ3) is 2.25. The van der Waals surface area contributed by atoms with Crippen molar-refractivity contribution < 1.29 is 13.9 Å². The zero-order valence-electron chi connectivity index (χ0n) is 12.1. The maximum absolute atomic E-state index is 11.7. The molecule has 0 saturated carbocycles. The number of nitrogens with one attached hydrogen (secondary N) is 1. The van der Waals surface area contributed by atoms with E-state index in [0.717, 1.165) is 43.7 Å². The molecule has 3 rings (SSSR count). The van der Waals surface area contributed by atoms with Gasteiger partial charge in [0.15, 0.2) is 0 Å². The lowest BCUT2D eigenvalue weighted by Crippen LogP contribution is -2.34. The van der Waals surface area contributed by atoms with Gasteiger partial charge >= 0.3 is 5.97 Å². The van der Waals surface area contributed by atoms with Gasteiger partial charge in [-0.05, 0) is 37.4 Å². The molecule has 0 spiro atoms. The molecule has 3 atom stereocenters. The molecule has 110 valence electrons. The first-order valence-electron chi connectivity index (χ1n) is 7.34. The van der Waals surface area contributed by atoms with Crippen LogP contribution >= 0.6 is 0 Å². The number of fused-ring (bicyclic) bond motifs is 1. The molecule has 1 N–H and O–H groups in total. The van der Waals surface area contributed by atoms with Crippen LogP contribution < -0.4 is 5.32 Å². The third-order valence-electron chi connectivity index (χ3n) is 4.74. The van der Waals surface area contributed by atoms with E-state index in [9.17, 15) is 4.79 Å². The van der Waals surface area contributed by atoms with Gasteiger partial charge in [-0.2, -0.15) is 0 Å². The van der Waals surface area contributed by atoms with Crippen LogP contribution in [0.2, 0.25) is 0 Å². The number of nitrogens with zero attached hydrogens (tertiary/aromatic N) is 1. The lowest BCUT2D eigenvalue weighted by atomic mass is 9.93. The van der Waals surface area contributed by atoms with Crippen molar-refractivity contribution in [1.29, 1.82) is 0 Å². The number of methoxy groups -OCH3 is 1. The van der Waals surface area contributed by atoms with Crippen molar-refractivity contribution in [2.45, 2.75) is 25.9 Å². The highest BCUT2D eigenvalue weighted by atomic mass is 16.5. The fraction of sp³-hybridized carbons (Fsp3) is 0.667. The summed E-state index contributed by atoms with van der Waals surface area (Å²) in [6.45, 7) is 6.24. The summed E-state index contributed by atoms with van der Waals surface area (Å²) < 4.78 is 10.3. The van der Waals surface area contributed by atoms with E-state index in [4.69, 9.17) is 9.15 Å². The van der Waals surface area contributed by atoms with Crippen molar-refractivity contribution in [2.24, 2.45) is 11.8 Å². The van der Waals surface area contributed by atoms with Crippen LogP contribution in [0, 0.1) is 11.8 Å². The lowest BCUT2D eigenvalue weighted by molar-refractivity contribution is 0.0595. The van der Waals surface area contributed by atoms with Gasteiger partial charge in [0, 0.05) is 12.6 Å². The molecule has 5 nitrogen and oxygen atoms in total. The summed E-state index contributed by atoms with van der Waals surface area (Å²) in [5.41, 5.74) is 0.553. The number of carbonyl (C=O) groups is 1. The number of rotatable bonds is 4. The second-order valence-corrected chi connectivity index (χ2v) is 5.74. The zero-order valence-corrected chi connectivity index (χ0v) is 12.1. The first-order valence-corrected chi connectivity index (χ1v) is 7.34. The number of ether oxygens (including phenoxy) is 1. The second-order valence-electron chi connectivity index (χ2n) is 5.74. The summed E-state index contributed by atoms with van der Waals surface area (Å²) in [6.07, 6.45) is 2.71. The van der Waals surface area contributed by atoms with Crippen LogP contribution in [-0.4, -0.2) is 43.7 Å². The fourth-order valence-electron chi connectivity index (χ4n) is 3.79. The van der Waals surface area contributed by atoms with Gasteiger partial charge in [-0.1, -0.05) is 6.92 Å². The van der Waals surface area contributed by atoms with Crippen LogP contribution in [0.5, 0.6) is 0 Å². The Kier molecular flexibility index (Phi) is 3.81. The van der Waals surface area contributed by atoms with Crippen LogP contribution in [0.1, 0.15) is 29.5 Å². The maximum atomic E-state index is 11.7. The van der Waals surface area contributed by atoms with E-state index >= 15 is 0 Å². The highest BCUT2D eigenvalue weighted by Gasteiger charge is 2.43. The largest absolute Gasteiger partial charge is 0.467 e. The summed E-state index contributed by atoms with van der Waals surface area (Å²) in [7, 11) is 1.40. The molecule has 3 heterocycles. The fourth-order valence-corrected chi connectivity index (χ4v) is 3.79. The third-order valence-corrected chi connectivity index (χ3v) is 4.74. The molecule has 1 aromatic rings. The maximum Gasteiger partial charge on any atom is 0.341 e. The molecule has 0 radical (unpaired) electrons. The second kappa shape index (κ2) is 5.58. The molecule has 2 saturated heterocycles. The van der Waals surface area contributed by atoms with Gasteiger partial charge in [-0.3, -0.25) is 4.90 Å². The molecule has 1 aromatic heterocycles. The van der Waals surface area contributed by atoms with Gasteiger partial charge < -0.3 is 14.5 Å². The molecule has 2 aliphatic rings. The molecule has 20 heavy (non-hydrogen) atoms. The van der Waals surface area contributed by atoms with Gasteiger partial charge in [-0.25, -0.2) is 4.79 Å². The smallest absolute Gasteiger partial charge is 0.341 e. The van der Waals surface area contributed by atoms with Gasteiger partial charge in [0.2, 0.25) is 0 Å². The quantitative estimate of drug-likeness (QED) is 0.846. The molecule has 2 fully saturated rings. The van der Waals surface area contributed by atoms with Gasteiger partial charge in [0.1, 0.15) is 11.3 Å². The topological polar surface area (TPSA) is 54.7 Å². The Morgan fingerprint density at radius 3 is 3.15 bits per heavy atom. The van der Waals surface area contributed by atoms with Gasteiger partial charge in [0.25, 0.3) is 0 Å². The van der Waals surface area contributed by atoms with Crippen molar-refractivity contribution in [3.63, 3.8) is 0 Å². The van der Waals surface area contributed by atoms with E-state index in [-0.39, 0.29) is 5.97 Å². The highest BCUT2D eigenvalue weighted by molar-refractivity contribution is 5.90. The molecule has 0 amide bonds. The average Bonchev–Trinajstić information content (AvgIpc) is 3.13. The van der Waals surface area contributed by atoms with Crippen LogP contribution in [0.25, 0.3) is 0 Å². The number of hydrogen-bond donors (Lipinski definition) is 1. The van der Waals surface area contributed by atoms with E-state index < -0.39 is 0 Å². The monoisotopic (exact) mass is 278 g/mol. The van der Waals surface area contributed by atoms with Crippen molar-refractivity contribution in [3.8, 4) is 0 Å². The van der Waals surface area contributed by atoms with Gasteiger partial charge in [-0.15, -0.1) is 0 Å². The predicted molar refractivity (Wildman–Crippen MR) is 74.4 cm³/mol. The van der Waals surface area contributed by atoms with E-state index in [1.165, 1.54) is 7.11 Å². The first kappa shape index (κ1) is 13.6. The Hall–Kier alpha value is -1.33. The van der Waals surface area contributed by atoms with Crippen LogP contribution in [0.3, 0.4) is 0 Å². The number of carbonyl (C=O) groups excluding carboxylic acids is 1. The minimum Gasteiger partial charge on any atom is -0.467 e. The summed E-state index contributed by atoms with van der Waals surface area (Å²) in [4.78, 5) is 14.2. The summed E-state index contributed by atoms with van der Waals surface area (Å²) in [5.74, 6) is 1.87. The highest BCUT2D eigenvalue weighted by Crippen LogP contribution is 2.35. The van der Waals surface area contributed by atoms with Crippen molar-refractivity contribution in [2.75, 3.05) is 26.7 Å². The molecule has 0 bridgehead atoms. The van der Waals surface area contributed by atoms with Crippen molar-refractivity contribution >= 4 is 5.97 Å². The Bertz CT molecular complexity index is 485. The SMILES string of the molecule is CCC1C2CNCC2CN1Cc1occc1C(=O)OC. The van der Waals surface area contributed by atoms with E-state index in [1.807, 2.05) is 0 Å². The first-order chi connectivity index (χ1) is 9.74. The Balaban J connectivity index is 1.75. The number of esters is 1. The minimum atomic E-state index is -0.317. The summed E-state index contributed by atoms with van der Waals surface area (Å²) in [5, 5.41) is 3.48. The Morgan fingerprint density at radius 1 is 1.55 bits per heavy atom. The standard InChI is InChI=1S/C15H22N2O3/c1-3-13-12-7-16-6-10(12)8-17(13)9-14-11(4-5-20-14)15(18)19-2/h4-5,10,12-13,16H,3,6-9H2,1-2H3. The molecule has 2 aliphatic heterocycles. The van der Waals surface area contributed by atoms with Crippen molar-refractivity contribution in [1.82, 2.24) is 10.2 Å². The van der Waals surface area contributed by atoms with Crippen LogP contribution in [-0.2, 0) is 11.3 Å². The van der Waals surface area contributed by atoms with E-state index in [1.54, 1.807) is 12.3 Å². The molecule has 0 aliphatic carbocycles. The molecule has 0 aromatic carbocycles. The molecule has 5 heteroatoms. The molecular formula is C15H22N2O3.